The zero-order chi connectivity index (χ0) is 13.3. The molecule has 0 unspecified atom stereocenters. The molecule has 0 bridgehead atoms. The van der Waals surface area contributed by atoms with Gasteiger partial charge in [0, 0.05) is 11.6 Å². The zero-order valence-corrected chi connectivity index (χ0v) is 9.35. The summed E-state index contributed by atoms with van der Waals surface area (Å²) in [4.78, 5) is 21.6. The average molecular weight is 254 g/mol. The first-order valence-corrected chi connectivity index (χ1v) is 5.34. The van der Waals surface area contributed by atoms with Crippen LogP contribution < -0.4 is 5.32 Å². The van der Waals surface area contributed by atoms with Crippen molar-refractivity contribution in [3.8, 4) is 0 Å². The molecule has 1 saturated carbocycles. The minimum Gasteiger partial charge on any atom is -0.394 e. The number of rotatable bonds is 4. The summed E-state index contributed by atoms with van der Waals surface area (Å²) in [5, 5.41) is 22.2. The molecule has 1 fully saturated rings. The smallest absolute Gasteiger partial charge is 0.273 e. The number of aliphatic hydroxyl groups excluding tert-OH is 1. The van der Waals surface area contributed by atoms with Gasteiger partial charge >= 0.3 is 0 Å². The number of carbonyl (C=O) groups excluding carboxylic acids is 1. The summed E-state index contributed by atoms with van der Waals surface area (Å²) in [5.41, 5.74) is -1.24. The van der Waals surface area contributed by atoms with Gasteiger partial charge in [-0.25, -0.2) is 4.39 Å². The topological polar surface area (TPSA) is 92.5 Å². The Morgan fingerprint density at radius 2 is 2.17 bits per heavy atom. The van der Waals surface area contributed by atoms with Crippen LogP contribution in [0.3, 0.4) is 0 Å². The van der Waals surface area contributed by atoms with E-state index in [0.29, 0.717) is 12.8 Å². The Labute approximate surface area is 102 Å². The molecule has 1 aliphatic rings. The molecule has 0 atom stereocenters. The monoisotopic (exact) mass is 254 g/mol. The number of non-ortho nitro benzene ring substituents is 1. The van der Waals surface area contributed by atoms with Crippen LogP contribution in [0, 0.1) is 15.9 Å². The molecular formula is C11H11FN2O4. The molecule has 1 amide bonds. The molecule has 0 radical (unpaired) electrons. The van der Waals surface area contributed by atoms with Crippen LogP contribution in [-0.4, -0.2) is 28.1 Å². The van der Waals surface area contributed by atoms with E-state index >= 15 is 0 Å². The minimum absolute atomic E-state index is 0.124. The summed E-state index contributed by atoms with van der Waals surface area (Å²) in [7, 11) is 0. The quantitative estimate of drug-likeness (QED) is 0.619. The molecule has 7 heteroatoms. The molecule has 0 spiro atoms. The van der Waals surface area contributed by atoms with Crippen LogP contribution in [0.4, 0.5) is 10.1 Å². The first kappa shape index (κ1) is 12.4. The summed E-state index contributed by atoms with van der Waals surface area (Å²) in [5.74, 6) is -1.47. The normalized spacial score (nSPS) is 16.1. The number of halogens is 1. The molecule has 0 saturated heterocycles. The van der Waals surface area contributed by atoms with E-state index in [1.807, 2.05) is 0 Å². The van der Waals surface area contributed by atoms with Crippen molar-refractivity contribution in [2.45, 2.75) is 18.4 Å². The number of aliphatic hydroxyl groups is 1. The Kier molecular flexibility index (Phi) is 3.00. The van der Waals surface area contributed by atoms with E-state index in [1.54, 1.807) is 0 Å². The van der Waals surface area contributed by atoms with Crippen LogP contribution in [0.2, 0.25) is 0 Å². The van der Waals surface area contributed by atoms with E-state index in [-0.39, 0.29) is 12.2 Å². The third kappa shape index (κ3) is 2.45. The van der Waals surface area contributed by atoms with Crippen LogP contribution in [-0.2, 0) is 0 Å². The fourth-order valence-corrected chi connectivity index (χ4v) is 1.60. The number of hydrogen-bond acceptors (Lipinski definition) is 4. The van der Waals surface area contributed by atoms with Crippen LogP contribution in [0.5, 0.6) is 0 Å². The Morgan fingerprint density at radius 3 is 2.67 bits per heavy atom. The van der Waals surface area contributed by atoms with Gasteiger partial charge in [0.1, 0.15) is 5.82 Å². The second kappa shape index (κ2) is 4.34. The molecule has 2 rings (SSSR count). The number of hydrogen-bond donors (Lipinski definition) is 2. The van der Waals surface area contributed by atoms with E-state index in [4.69, 9.17) is 5.11 Å². The average Bonchev–Trinajstić information content (AvgIpc) is 3.08. The second-order valence-corrected chi connectivity index (χ2v) is 4.35. The minimum atomic E-state index is -0.844. The van der Waals surface area contributed by atoms with Crippen LogP contribution >= 0.6 is 0 Å². The van der Waals surface area contributed by atoms with Gasteiger partial charge < -0.3 is 10.4 Å². The van der Waals surface area contributed by atoms with Gasteiger partial charge in [-0.05, 0) is 18.9 Å². The van der Waals surface area contributed by atoms with Crippen molar-refractivity contribution in [1.29, 1.82) is 0 Å². The highest BCUT2D eigenvalue weighted by Crippen LogP contribution is 2.34. The van der Waals surface area contributed by atoms with Crippen molar-refractivity contribution in [2.75, 3.05) is 6.61 Å². The summed E-state index contributed by atoms with van der Waals surface area (Å²) < 4.78 is 13.1. The Bertz CT molecular complexity index is 514. The van der Waals surface area contributed by atoms with Gasteiger partial charge in [-0.3, -0.25) is 14.9 Å². The lowest BCUT2D eigenvalue weighted by Crippen LogP contribution is -2.39. The van der Waals surface area contributed by atoms with Crippen molar-refractivity contribution < 1.29 is 19.2 Å². The third-order valence-electron chi connectivity index (χ3n) is 2.89. The largest absolute Gasteiger partial charge is 0.394 e. The maximum Gasteiger partial charge on any atom is 0.273 e. The number of nitrogens with zero attached hydrogens (tertiary/aromatic N) is 1. The lowest BCUT2D eigenvalue weighted by Gasteiger charge is -2.14. The molecule has 0 aliphatic heterocycles. The van der Waals surface area contributed by atoms with E-state index in [0.717, 1.165) is 18.2 Å². The lowest BCUT2D eigenvalue weighted by atomic mass is 10.1. The Balaban J connectivity index is 2.22. The maximum absolute atomic E-state index is 13.1. The highest BCUT2D eigenvalue weighted by molar-refractivity contribution is 5.95. The van der Waals surface area contributed by atoms with E-state index in [2.05, 4.69) is 5.32 Å². The SMILES string of the molecule is O=C(NC1(CO)CC1)c1cc(F)cc([N+](=O)[O-])c1. The molecule has 1 aromatic rings. The van der Waals surface area contributed by atoms with Gasteiger partial charge in [0.25, 0.3) is 11.6 Å². The van der Waals surface area contributed by atoms with Crippen molar-refractivity contribution in [2.24, 2.45) is 0 Å². The fourth-order valence-electron chi connectivity index (χ4n) is 1.60. The molecule has 0 aromatic heterocycles. The Hall–Kier alpha value is -2.02. The predicted molar refractivity (Wildman–Crippen MR) is 59.6 cm³/mol. The number of amides is 1. The third-order valence-corrected chi connectivity index (χ3v) is 2.89. The zero-order valence-electron chi connectivity index (χ0n) is 9.35. The summed E-state index contributed by atoms with van der Waals surface area (Å²) >= 11 is 0. The summed E-state index contributed by atoms with van der Waals surface area (Å²) in [6, 6.07) is 2.68. The van der Waals surface area contributed by atoms with E-state index < -0.39 is 27.9 Å². The molecule has 1 aromatic carbocycles. The van der Waals surface area contributed by atoms with Gasteiger partial charge in [0.15, 0.2) is 0 Å². The number of nitro benzene ring substituents is 1. The van der Waals surface area contributed by atoms with Crippen molar-refractivity contribution in [1.82, 2.24) is 5.32 Å². The predicted octanol–water partition coefficient (Wildman–Crippen LogP) is 0.989. The maximum atomic E-state index is 13.1. The van der Waals surface area contributed by atoms with Crippen LogP contribution in [0.25, 0.3) is 0 Å². The molecule has 1 aliphatic carbocycles. The molecule has 2 N–H and O–H groups in total. The molecule has 6 nitrogen and oxygen atoms in total. The fraction of sp³-hybridized carbons (Fsp3) is 0.364. The summed E-state index contributed by atoms with van der Waals surface area (Å²) in [6.07, 6.45) is 1.29. The molecular weight excluding hydrogens is 243 g/mol. The van der Waals surface area contributed by atoms with Gasteiger partial charge in [-0.2, -0.15) is 0 Å². The van der Waals surface area contributed by atoms with Crippen molar-refractivity contribution >= 4 is 11.6 Å². The summed E-state index contributed by atoms with van der Waals surface area (Å²) in [6.45, 7) is -0.198. The van der Waals surface area contributed by atoms with Crippen molar-refractivity contribution in [3.63, 3.8) is 0 Å². The van der Waals surface area contributed by atoms with Crippen LogP contribution in [0.15, 0.2) is 18.2 Å². The Morgan fingerprint density at radius 1 is 1.50 bits per heavy atom. The highest BCUT2D eigenvalue weighted by Gasteiger charge is 2.43. The van der Waals surface area contributed by atoms with Gasteiger partial charge in [0.05, 0.1) is 23.1 Å². The van der Waals surface area contributed by atoms with Gasteiger partial charge in [-0.15, -0.1) is 0 Å². The number of nitro groups is 1. The van der Waals surface area contributed by atoms with E-state index in [1.165, 1.54) is 0 Å². The molecule has 96 valence electrons. The van der Waals surface area contributed by atoms with Gasteiger partial charge in [0.2, 0.25) is 0 Å². The number of carbonyl (C=O) groups is 1. The molecule has 18 heavy (non-hydrogen) atoms. The number of nitrogens with one attached hydrogen (secondary N) is 1. The van der Waals surface area contributed by atoms with E-state index in [9.17, 15) is 19.3 Å². The standard InChI is InChI=1S/C11H11FN2O4/c12-8-3-7(4-9(5-8)14(17)18)10(16)13-11(6-15)1-2-11/h3-5,15H,1-2,6H2,(H,13,16). The van der Waals surface area contributed by atoms with Crippen LogP contribution in [0.1, 0.15) is 23.2 Å². The van der Waals surface area contributed by atoms with Gasteiger partial charge in [-0.1, -0.05) is 0 Å². The lowest BCUT2D eigenvalue weighted by molar-refractivity contribution is -0.385. The number of benzene rings is 1. The first-order valence-electron chi connectivity index (χ1n) is 5.34. The second-order valence-electron chi connectivity index (χ2n) is 4.35. The molecule has 0 heterocycles. The van der Waals surface area contributed by atoms with Crippen molar-refractivity contribution in [3.05, 3.63) is 39.7 Å². The highest BCUT2D eigenvalue weighted by atomic mass is 19.1. The first-order chi connectivity index (χ1) is 8.46.